The first-order valence-electron chi connectivity index (χ1n) is 5.34. The van der Waals surface area contributed by atoms with E-state index in [1.807, 2.05) is 0 Å². The van der Waals surface area contributed by atoms with Gasteiger partial charge in [0.1, 0.15) is 0 Å². The fourth-order valence-electron chi connectivity index (χ4n) is 1.78. The molecule has 100 valence electrons. The number of nitrogens with two attached hydrogens (primary N) is 1. The van der Waals surface area contributed by atoms with Gasteiger partial charge in [-0.05, 0) is 12.1 Å². The molecule has 1 fully saturated rings. The number of sulfone groups is 1. The first-order valence-corrected chi connectivity index (χ1v) is 7.16. The van der Waals surface area contributed by atoms with Crippen LogP contribution in [-0.2, 0) is 9.84 Å². The molecule has 1 amide bonds. The maximum atomic E-state index is 12.1. The summed E-state index contributed by atoms with van der Waals surface area (Å²) in [6.07, 6.45) is 0. The fourth-order valence-corrected chi connectivity index (χ4v) is 2.98. The normalized spacial score (nSPS) is 17.9. The molecule has 1 aromatic carbocycles. The van der Waals surface area contributed by atoms with E-state index in [9.17, 15) is 13.2 Å². The Morgan fingerprint density at radius 1 is 1.17 bits per heavy atom. The number of carbonyl (C=O) groups excluding carboxylic acids is 1. The van der Waals surface area contributed by atoms with Crippen LogP contribution in [0.1, 0.15) is 10.4 Å². The van der Waals surface area contributed by atoms with Gasteiger partial charge >= 0.3 is 0 Å². The Labute approximate surface area is 112 Å². The molecule has 1 aromatic rings. The number of carbonyl (C=O) groups is 1. The van der Waals surface area contributed by atoms with Gasteiger partial charge in [0.25, 0.3) is 5.91 Å². The van der Waals surface area contributed by atoms with Crippen molar-refractivity contribution in [1.29, 1.82) is 0 Å². The number of rotatable bonds is 1. The molecule has 0 unspecified atom stereocenters. The summed E-state index contributed by atoms with van der Waals surface area (Å²) in [6, 6.07) is 6.81. The lowest BCUT2D eigenvalue weighted by atomic mass is 10.1. The van der Waals surface area contributed by atoms with E-state index in [1.54, 1.807) is 24.3 Å². The SMILES string of the molecule is Cl.Nc1ccccc1C(=O)N1CCS(=O)(=O)CC1. The third-order valence-electron chi connectivity index (χ3n) is 2.82. The second-order valence-electron chi connectivity index (χ2n) is 4.03. The molecule has 1 aliphatic rings. The molecule has 7 heteroatoms. The minimum Gasteiger partial charge on any atom is -0.398 e. The van der Waals surface area contributed by atoms with Gasteiger partial charge in [0.2, 0.25) is 0 Å². The molecular weight excluding hydrogens is 276 g/mol. The van der Waals surface area contributed by atoms with Crippen LogP contribution >= 0.6 is 12.4 Å². The summed E-state index contributed by atoms with van der Waals surface area (Å²) in [5.41, 5.74) is 6.57. The van der Waals surface area contributed by atoms with Crippen LogP contribution in [0.15, 0.2) is 24.3 Å². The molecule has 5 nitrogen and oxygen atoms in total. The minimum absolute atomic E-state index is 0. The number of nitrogen functional groups attached to an aromatic ring is 1. The lowest BCUT2D eigenvalue weighted by molar-refractivity contribution is 0.0771. The van der Waals surface area contributed by atoms with Crippen molar-refractivity contribution < 1.29 is 13.2 Å². The van der Waals surface area contributed by atoms with E-state index in [-0.39, 0.29) is 42.9 Å². The van der Waals surface area contributed by atoms with E-state index in [0.717, 1.165) is 0 Å². The van der Waals surface area contributed by atoms with Crippen LogP contribution in [0.5, 0.6) is 0 Å². The Kier molecular flexibility index (Phi) is 4.59. The first-order chi connectivity index (χ1) is 7.99. The molecule has 1 heterocycles. The van der Waals surface area contributed by atoms with Crippen LogP contribution in [-0.4, -0.2) is 43.8 Å². The van der Waals surface area contributed by atoms with Gasteiger partial charge in [-0.15, -0.1) is 12.4 Å². The summed E-state index contributed by atoms with van der Waals surface area (Å²) in [6.45, 7) is 0.491. The summed E-state index contributed by atoms with van der Waals surface area (Å²) in [4.78, 5) is 13.6. The molecule has 0 radical (unpaired) electrons. The molecule has 2 N–H and O–H groups in total. The molecule has 0 spiro atoms. The van der Waals surface area contributed by atoms with Gasteiger partial charge in [-0.3, -0.25) is 4.79 Å². The number of para-hydroxylation sites is 1. The average molecular weight is 291 g/mol. The quantitative estimate of drug-likeness (QED) is 0.767. The standard InChI is InChI=1S/C11H14N2O3S.ClH/c12-10-4-2-1-3-9(10)11(14)13-5-7-17(15,16)8-6-13;/h1-4H,5-8,12H2;1H. The van der Waals surface area contributed by atoms with E-state index in [4.69, 9.17) is 5.73 Å². The lowest BCUT2D eigenvalue weighted by Gasteiger charge is -2.27. The van der Waals surface area contributed by atoms with Crippen LogP contribution in [0.4, 0.5) is 5.69 Å². The summed E-state index contributed by atoms with van der Waals surface area (Å²) < 4.78 is 22.5. The van der Waals surface area contributed by atoms with Gasteiger partial charge in [0.15, 0.2) is 9.84 Å². The molecule has 0 atom stereocenters. The third kappa shape index (κ3) is 3.14. The number of anilines is 1. The Bertz CT molecular complexity index is 531. The zero-order valence-corrected chi connectivity index (χ0v) is 11.3. The van der Waals surface area contributed by atoms with Crippen LogP contribution < -0.4 is 5.73 Å². The van der Waals surface area contributed by atoms with Gasteiger partial charge in [0, 0.05) is 18.8 Å². The van der Waals surface area contributed by atoms with E-state index >= 15 is 0 Å². The van der Waals surface area contributed by atoms with Gasteiger partial charge in [0.05, 0.1) is 17.1 Å². The molecule has 0 saturated carbocycles. The molecule has 1 aliphatic heterocycles. The number of benzene rings is 1. The molecule has 0 bridgehead atoms. The minimum atomic E-state index is -2.97. The molecule has 0 aromatic heterocycles. The number of nitrogens with zero attached hydrogens (tertiary/aromatic N) is 1. The highest BCUT2D eigenvalue weighted by atomic mass is 35.5. The zero-order chi connectivity index (χ0) is 12.5. The second kappa shape index (κ2) is 5.58. The number of amides is 1. The summed E-state index contributed by atoms with van der Waals surface area (Å²) in [5.74, 6) is -0.130. The molecule has 18 heavy (non-hydrogen) atoms. The Hall–Kier alpha value is -1.27. The van der Waals surface area contributed by atoms with E-state index in [0.29, 0.717) is 11.3 Å². The smallest absolute Gasteiger partial charge is 0.256 e. The summed E-state index contributed by atoms with van der Waals surface area (Å²) in [7, 11) is -2.97. The predicted molar refractivity (Wildman–Crippen MR) is 72.7 cm³/mol. The number of halogens is 1. The van der Waals surface area contributed by atoms with Crippen LogP contribution in [0.2, 0.25) is 0 Å². The molecule has 1 saturated heterocycles. The molecular formula is C11H15ClN2O3S. The largest absolute Gasteiger partial charge is 0.398 e. The number of hydrogen-bond acceptors (Lipinski definition) is 4. The maximum absolute atomic E-state index is 12.1. The van der Waals surface area contributed by atoms with Crippen molar-refractivity contribution in [2.24, 2.45) is 0 Å². The third-order valence-corrected chi connectivity index (χ3v) is 4.43. The van der Waals surface area contributed by atoms with Crippen molar-refractivity contribution in [1.82, 2.24) is 4.90 Å². The number of hydrogen-bond donors (Lipinski definition) is 1. The zero-order valence-electron chi connectivity index (χ0n) is 9.70. The average Bonchev–Trinajstić information content (AvgIpc) is 2.29. The van der Waals surface area contributed by atoms with Crippen LogP contribution in [0, 0.1) is 0 Å². The summed E-state index contributed by atoms with van der Waals surface area (Å²) >= 11 is 0. The first kappa shape index (κ1) is 14.8. The highest BCUT2D eigenvalue weighted by Crippen LogP contribution is 2.15. The van der Waals surface area contributed by atoms with E-state index in [1.165, 1.54) is 4.90 Å². The van der Waals surface area contributed by atoms with Gasteiger partial charge in [-0.25, -0.2) is 8.42 Å². The van der Waals surface area contributed by atoms with Crippen molar-refractivity contribution >= 4 is 33.8 Å². The Balaban J connectivity index is 0.00000162. The highest BCUT2D eigenvalue weighted by molar-refractivity contribution is 7.91. The van der Waals surface area contributed by atoms with Crippen LogP contribution in [0.3, 0.4) is 0 Å². The second-order valence-corrected chi connectivity index (χ2v) is 6.33. The maximum Gasteiger partial charge on any atom is 0.256 e. The lowest BCUT2D eigenvalue weighted by Crippen LogP contribution is -2.43. The highest BCUT2D eigenvalue weighted by Gasteiger charge is 2.26. The molecule has 0 aliphatic carbocycles. The Morgan fingerprint density at radius 3 is 2.28 bits per heavy atom. The topological polar surface area (TPSA) is 80.5 Å². The van der Waals surface area contributed by atoms with Crippen molar-refractivity contribution in [2.45, 2.75) is 0 Å². The van der Waals surface area contributed by atoms with Crippen LogP contribution in [0.25, 0.3) is 0 Å². The Morgan fingerprint density at radius 2 is 1.72 bits per heavy atom. The van der Waals surface area contributed by atoms with Crippen molar-refractivity contribution in [3.05, 3.63) is 29.8 Å². The van der Waals surface area contributed by atoms with Crippen molar-refractivity contribution in [2.75, 3.05) is 30.3 Å². The van der Waals surface area contributed by atoms with E-state index in [2.05, 4.69) is 0 Å². The summed E-state index contributed by atoms with van der Waals surface area (Å²) in [5, 5.41) is 0. The van der Waals surface area contributed by atoms with E-state index < -0.39 is 9.84 Å². The predicted octanol–water partition coefficient (Wildman–Crippen LogP) is 0.561. The molecule has 2 rings (SSSR count). The van der Waals surface area contributed by atoms with Gasteiger partial charge < -0.3 is 10.6 Å². The fraction of sp³-hybridized carbons (Fsp3) is 0.364. The monoisotopic (exact) mass is 290 g/mol. The van der Waals surface area contributed by atoms with Gasteiger partial charge in [-0.2, -0.15) is 0 Å². The van der Waals surface area contributed by atoms with Crippen molar-refractivity contribution in [3.63, 3.8) is 0 Å². The van der Waals surface area contributed by atoms with Gasteiger partial charge in [-0.1, -0.05) is 12.1 Å². The van der Waals surface area contributed by atoms with Crippen molar-refractivity contribution in [3.8, 4) is 0 Å².